The van der Waals surface area contributed by atoms with Crippen molar-refractivity contribution in [3.63, 3.8) is 0 Å². The van der Waals surface area contributed by atoms with Gasteiger partial charge in [0.15, 0.2) is 17.8 Å². The molecular formula is C24H33NO11. The molecule has 0 saturated carbocycles. The second-order valence-corrected chi connectivity index (χ2v) is 9.80. The first-order valence-electron chi connectivity index (χ1n) is 11.9. The molecule has 1 aromatic carbocycles. The predicted octanol–water partition coefficient (Wildman–Crippen LogP) is -2.10. The Morgan fingerprint density at radius 1 is 1.06 bits per heavy atom. The molecule has 12 heteroatoms. The van der Waals surface area contributed by atoms with E-state index in [0.29, 0.717) is 29.7 Å². The van der Waals surface area contributed by atoms with Crippen molar-refractivity contribution in [1.29, 1.82) is 0 Å². The van der Waals surface area contributed by atoms with E-state index in [-0.39, 0.29) is 23.7 Å². The van der Waals surface area contributed by atoms with E-state index in [1.165, 1.54) is 14.2 Å². The zero-order valence-corrected chi connectivity index (χ0v) is 19.9. The molecule has 0 aromatic heterocycles. The van der Waals surface area contributed by atoms with Gasteiger partial charge in [0.1, 0.15) is 42.4 Å². The van der Waals surface area contributed by atoms with Gasteiger partial charge in [0.2, 0.25) is 0 Å². The second-order valence-electron chi connectivity index (χ2n) is 9.80. The molecule has 2 aliphatic carbocycles. The molecule has 5 rings (SSSR count). The number of hydrogen-bond acceptors (Lipinski definition) is 12. The number of aromatic hydroxyl groups is 1. The van der Waals surface area contributed by atoms with Gasteiger partial charge < -0.3 is 60.0 Å². The second kappa shape index (κ2) is 9.39. The molecule has 0 radical (unpaired) electrons. The van der Waals surface area contributed by atoms with Crippen molar-refractivity contribution in [2.24, 2.45) is 0 Å². The van der Waals surface area contributed by atoms with Crippen molar-refractivity contribution >= 4 is 0 Å². The number of nitrogens with one attached hydrogen (secondary N) is 1. The Balaban J connectivity index is 1.68. The summed E-state index contributed by atoms with van der Waals surface area (Å²) in [5.41, 5.74) is 0.679. The Kier molecular flexibility index (Phi) is 6.69. The standard InChI is InChI=1S/C24H33NO11/c1-33-11-4-3-9-13(17(11)29)24-5-6-25-15(14(24)22(34-2)16(28)10(27)7-24)21(9)36-23-20(32)19(31)18(30)12(8-26)35-23/h3-4,10,12,15-16,18-21,23,25-32H,5-8H2,1-2H3/t10-,12+,15+,16-,18+,19-,20+,21-,23-,24-/m0/s1. The van der Waals surface area contributed by atoms with Gasteiger partial charge in [-0.15, -0.1) is 0 Å². The summed E-state index contributed by atoms with van der Waals surface area (Å²) in [4.78, 5) is 0. The highest BCUT2D eigenvalue weighted by molar-refractivity contribution is 5.63. The Labute approximate surface area is 207 Å². The van der Waals surface area contributed by atoms with Crippen molar-refractivity contribution in [3.8, 4) is 11.5 Å². The summed E-state index contributed by atoms with van der Waals surface area (Å²) >= 11 is 0. The third kappa shape index (κ3) is 3.56. The molecule has 2 heterocycles. The number of benzene rings is 1. The van der Waals surface area contributed by atoms with Crippen LogP contribution >= 0.6 is 0 Å². The number of aliphatic hydroxyl groups is 6. The number of piperidine rings is 1. The smallest absolute Gasteiger partial charge is 0.187 e. The number of rotatable bonds is 5. The van der Waals surface area contributed by atoms with Crippen molar-refractivity contribution in [1.82, 2.24) is 5.32 Å². The minimum Gasteiger partial charge on any atom is -0.504 e. The van der Waals surface area contributed by atoms with Gasteiger partial charge in [-0.3, -0.25) is 0 Å². The fourth-order valence-electron chi connectivity index (χ4n) is 6.38. The van der Waals surface area contributed by atoms with E-state index in [4.69, 9.17) is 18.9 Å². The van der Waals surface area contributed by atoms with Gasteiger partial charge in [-0.25, -0.2) is 0 Å². The molecule has 2 saturated heterocycles. The van der Waals surface area contributed by atoms with E-state index in [2.05, 4.69) is 5.32 Å². The zero-order valence-electron chi connectivity index (χ0n) is 19.9. The largest absolute Gasteiger partial charge is 0.504 e. The quantitative estimate of drug-likeness (QED) is 0.215. The molecule has 200 valence electrons. The number of phenolic OH excluding ortho intramolecular Hbond substituents is 1. The van der Waals surface area contributed by atoms with E-state index in [0.717, 1.165) is 0 Å². The Morgan fingerprint density at radius 2 is 1.81 bits per heavy atom. The first kappa shape index (κ1) is 25.6. The fourth-order valence-corrected chi connectivity index (χ4v) is 6.38. The SMILES string of the molecule is COC1=C2[C@H]3NCC[C@]2(C[C@H](O)[C@@H]1O)c1c(ccc(OC)c1O)[C@@H]3O[C@@H]1O[C@H](CO)[C@@H](O)[C@H](O)[C@H]1O. The molecule has 2 aliphatic heterocycles. The molecule has 0 unspecified atom stereocenters. The summed E-state index contributed by atoms with van der Waals surface area (Å²) in [5, 5.41) is 76.9. The Bertz CT molecular complexity index is 1030. The molecule has 12 nitrogen and oxygen atoms in total. The van der Waals surface area contributed by atoms with Crippen LogP contribution in [0.3, 0.4) is 0 Å². The topological polar surface area (TPSA) is 191 Å². The molecule has 4 aliphatic rings. The summed E-state index contributed by atoms with van der Waals surface area (Å²) in [6, 6.07) is 2.67. The summed E-state index contributed by atoms with van der Waals surface area (Å²) in [6.07, 6.45) is -10.2. The maximum absolute atomic E-state index is 11.3. The van der Waals surface area contributed by atoms with E-state index < -0.39 is 67.1 Å². The third-order valence-electron chi connectivity index (χ3n) is 8.03. The molecule has 1 aromatic rings. The van der Waals surface area contributed by atoms with E-state index >= 15 is 0 Å². The Hall–Kier alpha value is -2.00. The van der Waals surface area contributed by atoms with E-state index in [1.54, 1.807) is 12.1 Å². The zero-order chi connectivity index (χ0) is 25.9. The van der Waals surface area contributed by atoms with Crippen LogP contribution < -0.4 is 10.1 Å². The normalized spacial score (nSPS) is 41.9. The molecule has 8 N–H and O–H groups in total. The number of methoxy groups -OCH3 is 2. The molecule has 36 heavy (non-hydrogen) atoms. The number of aliphatic hydroxyl groups excluding tert-OH is 6. The van der Waals surface area contributed by atoms with Gasteiger partial charge in [-0.05, 0) is 31.0 Å². The van der Waals surface area contributed by atoms with Crippen LogP contribution in [0.4, 0.5) is 0 Å². The Morgan fingerprint density at radius 3 is 2.47 bits per heavy atom. The number of phenols is 1. The van der Waals surface area contributed by atoms with Gasteiger partial charge in [-0.1, -0.05) is 6.07 Å². The maximum Gasteiger partial charge on any atom is 0.187 e. The minimum atomic E-state index is -1.64. The molecule has 0 amide bonds. The van der Waals surface area contributed by atoms with E-state index in [9.17, 15) is 35.7 Å². The lowest BCUT2D eigenvalue weighted by Crippen LogP contribution is -2.63. The van der Waals surface area contributed by atoms with Gasteiger partial charge in [-0.2, -0.15) is 0 Å². The average Bonchev–Trinajstić information content (AvgIpc) is 2.86. The highest BCUT2D eigenvalue weighted by Gasteiger charge is 2.59. The van der Waals surface area contributed by atoms with Crippen molar-refractivity contribution in [3.05, 3.63) is 34.6 Å². The molecule has 0 spiro atoms. The minimum absolute atomic E-state index is 0.120. The lowest BCUT2D eigenvalue weighted by molar-refractivity contribution is -0.314. The van der Waals surface area contributed by atoms with Crippen LogP contribution in [0.2, 0.25) is 0 Å². The summed E-state index contributed by atoms with van der Waals surface area (Å²) < 4.78 is 22.8. The molecule has 10 atom stereocenters. The molecular weight excluding hydrogens is 478 g/mol. The number of hydrogen-bond donors (Lipinski definition) is 8. The average molecular weight is 512 g/mol. The van der Waals surface area contributed by atoms with Gasteiger partial charge in [0, 0.05) is 16.6 Å². The summed E-state index contributed by atoms with van der Waals surface area (Å²) in [6.45, 7) is -0.142. The molecule has 2 bridgehead atoms. The maximum atomic E-state index is 11.3. The van der Waals surface area contributed by atoms with Crippen molar-refractivity contribution in [2.45, 2.75) is 73.3 Å². The molecule has 2 fully saturated rings. The highest BCUT2D eigenvalue weighted by atomic mass is 16.7. The van der Waals surface area contributed by atoms with Crippen LogP contribution in [0.15, 0.2) is 23.5 Å². The fraction of sp³-hybridized carbons (Fsp3) is 0.667. The van der Waals surface area contributed by atoms with Crippen LogP contribution in [-0.4, -0.2) is 112 Å². The van der Waals surface area contributed by atoms with Gasteiger partial charge >= 0.3 is 0 Å². The van der Waals surface area contributed by atoms with E-state index in [1.807, 2.05) is 0 Å². The monoisotopic (exact) mass is 511 g/mol. The summed E-state index contributed by atoms with van der Waals surface area (Å²) in [5.74, 6) is 0.223. The van der Waals surface area contributed by atoms with Gasteiger partial charge in [0.05, 0.1) is 33.0 Å². The lowest BCUT2D eigenvalue weighted by atomic mass is 9.55. The summed E-state index contributed by atoms with van der Waals surface area (Å²) in [7, 11) is 2.81. The highest BCUT2D eigenvalue weighted by Crippen LogP contribution is 2.60. The lowest BCUT2D eigenvalue weighted by Gasteiger charge is -2.56. The van der Waals surface area contributed by atoms with Gasteiger partial charge in [0.25, 0.3) is 0 Å². The number of fused-ring (bicyclic) bond motifs is 1. The van der Waals surface area contributed by atoms with Crippen LogP contribution in [0, 0.1) is 0 Å². The first-order chi connectivity index (χ1) is 17.2. The predicted molar refractivity (Wildman–Crippen MR) is 121 cm³/mol. The van der Waals surface area contributed by atoms with Crippen molar-refractivity contribution in [2.75, 3.05) is 27.4 Å². The van der Waals surface area contributed by atoms with Crippen LogP contribution in [0.25, 0.3) is 0 Å². The number of ether oxygens (including phenoxy) is 4. The third-order valence-corrected chi connectivity index (χ3v) is 8.03. The van der Waals surface area contributed by atoms with Crippen LogP contribution in [0.5, 0.6) is 11.5 Å². The van der Waals surface area contributed by atoms with Crippen LogP contribution in [0.1, 0.15) is 30.1 Å². The van der Waals surface area contributed by atoms with Crippen LogP contribution in [-0.2, 0) is 19.6 Å². The van der Waals surface area contributed by atoms with Crippen molar-refractivity contribution < 1.29 is 54.7 Å². The first-order valence-corrected chi connectivity index (χ1v) is 11.9.